The van der Waals surface area contributed by atoms with Gasteiger partial charge in [-0.15, -0.1) is 0 Å². The van der Waals surface area contributed by atoms with Crippen LogP contribution >= 0.6 is 0 Å². The molecule has 0 spiro atoms. The largest absolute Gasteiger partial charge is 0.455 e. The van der Waals surface area contributed by atoms with Crippen LogP contribution in [0, 0.1) is 13.8 Å². The molecule has 1 aromatic carbocycles. The molecule has 0 aliphatic rings. The maximum absolute atomic E-state index is 9.02. The van der Waals surface area contributed by atoms with Gasteiger partial charge in [0.05, 0.1) is 12.8 Å². The first kappa shape index (κ1) is 11.6. The molecule has 0 amide bonds. The summed E-state index contributed by atoms with van der Waals surface area (Å²) in [4.78, 5) is 4.17. The number of hydrogen-bond acceptors (Lipinski definition) is 3. The van der Waals surface area contributed by atoms with E-state index in [4.69, 9.17) is 9.84 Å². The van der Waals surface area contributed by atoms with Crippen LogP contribution in [0.25, 0.3) is 0 Å². The first-order valence-electron chi connectivity index (χ1n) is 5.50. The Kier molecular flexibility index (Phi) is 3.40. The molecule has 0 saturated heterocycles. The molecule has 1 N–H and O–H groups in total. The number of aromatic nitrogens is 1. The topological polar surface area (TPSA) is 42.4 Å². The number of nitrogens with zero attached hydrogens (tertiary/aromatic N) is 1. The number of aryl methyl sites for hydroxylation is 2. The maximum atomic E-state index is 9.02. The molecule has 0 radical (unpaired) electrons. The average Bonchev–Trinajstić information content (AvgIpc) is 2.34. The number of ether oxygens (including phenoxy) is 1. The lowest BCUT2D eigenvalue weighted by Crippen LogP contribution is -1.91. The molecule has 0 unspecified atom stereocenters. The molecule has 3 heteroatoms. The van der Waals surface area contributed by atoms with Crippen molar-refractivity contribution in [2.24, 2.45) is 0 Å². The van der Waals surface area contributed by atoms with Crippen LogP contribution < -0.4 is 4.74 Å². The van der Waals surface area contributed by atoms with Crippen molar-refractivity contribution in [2.75, 3.05) is 0 Å². The Morgan fingerprint density at radius 2 is 2.00 bits per heavy atom. The summed E-state index contributed by atoms with van der Waals surface area (Å²) in [7, 11) is 0. The highest BCUT2D eigenvalue weighted by Gasteiger charge is 2.02. The van der Waals surface area contributed by atoms with Crippen LogP contribution in [-0.2, 0) is 6.61 Å². The number of benzene rings is 1. The van der Waals surface area contributed by atoms with Gasteiger partial charge in [0.25, 0.3) is 0 Å². The van der Waals surface area contributed by atoms with Crippen molar-refractivity contribution in [3.8, 4) is 11.5 Å². The molecule has 0 aliphatic heterocycles. The lowest BCUT2D eigenvalue weighted by molar-refractivity contribution is 0.281. The molecule has 0 aliphatic carbocycles. The van der Waals surface area contributed by atoms with Crippen molar-refractivity contribution >= 4 is 0 Å². The van der Waals surface area contributed by atoms with Gasteiger partial charge in [0.2, 0.25) is 0 Å². The summed E-state index contributed by atoms with van der Waals surface area (Å²) in [6.45, 7) is 3.94. The van der Waals surface area contributed by atoms with Gasteiger partial charge in [-0.25, -0.2) is 0 Å². The number of hydrogen-bond donors (Lipinski definition) is 1. The zero-order valence-electron chi connectivity index (χ0n) is 9.97. The third-order valence-corrected chi connectivity index (χ3v) is 2.53. The lowest BCUT2D eigenvalue weighted by Gasteiger charge is -2.09. The Labute approximate surface area is 101 Å². The third-order valence-electron chi connectivity index (χ3n) is 2.53. The van der Waals surface area contributed by atoms with E-state index in [1.165, 1.54) is 0 Å². The highest BCUT2D eigenvalue weighted by molar-refractivity contribution is 5.39. The molecule has 3 nitrogen and oxygen atoms in total. The Bertz CT molecular complexity index is 506. The van der Waals surface area contributed by atoms with Gasteiger partial charge < -0.3 is 9.84 Å². The zero-order valence-corrected chi connectivity index (χ0v) is 9.97. The van der Waals surface area contributed by atoms with E-state index in [-0.39, 0.29) is 6.61 Å². The van der Waals surface area contributed by atoms with Gasteiger partial charge in [-0.3, -0.25) is 4.98 Å². The molecule has 0 fully saturated rings. The van der Waals surface area contributed by atoms with E-state index in [0.717, 1.165) is 28.3 Å². The lowest BCUT2D eigenvalue weighted by atomic mass is 10.1. The van der Waals surface area contributed by atoms with Crippen LogP contribution in [0.4, 0.5) is 0 Å². The van der Waals surface area contributed by atoms with Crippen LogP contribution in [0.2, 0.25) is 0 Å². The minimum atomic E-state index is 0.0488. The highest BCUT2D eigenvalue weighted by atomic mass is 16.5. The molecule has 17 heavy (non-hydrogen) atoms. The second-order valence-corrected chi connectivity index (χ2v) is 4.00. The smallest absolute Gasteiger partial charge is 0.145 e. The Morgan fingerprint density at radius 1 is 1.18 bits per heavy atom. The van der Waals surface area contributed by atoms with Gasteiger partial charge in [-0.2, -0.15) is 0 Å². The van der Waals surface area contributed by atoms with Crippen LogP contribution in [0.15, 0.2) is 36.5 Å². The zero-order chi connectivity index (χ0) is 12.3. The van der Waals surface area contributed by atoms with Gasteiger partial charge in [0.1, 0.15) is 11.5 Å². The van der Waals surface area contributed by atoms with Gasteiger partial charge in [0.15, 0.2) is 0 Å². The maximum Gasteiger partial charge on any atom is 0.145 e. The molecule has 0 bridgehead atoms. The number of rotatable bonds is 3. The average molecular weight is 229 g/mol. The van der Waals surface area contributed by atoms with Gasteiger partial charge in [-0.05, 0) is 43.2 Å². The standard InChI is InChI=1S/C14H15NO2/c1-10-7-12(9-16)4-6-14(10)17-13-5-3-11(2)15-8-13/h3-8,16H,9H2,1-2H3. The fraction of sp³-hybridized carbons (Fsp3) is 0.214. The van der Waals surface area contributed by atoms with E-state index < -0.39 is 0 Å². The second-order valence-electron chi connectivity index (χ2n) is 4.00. The molecule has 2 rings (SSSR count). The predicted molar refractivity (Wildman–Crippen MR) is 66.1 cm³/mol. The van der Waals surface area contributed by atoms with Gasteiger partial charge in [-0.1, -0.05) is 12.1 Å². The van der Waals surface area contributed by atoms with Crippen molar-refractivity contribution in [1.82, 2.24) is 4.98 Å². The molecule has 2 aromatic rings. The van der Waals surface area contributed by atoms with Crippen LogP contribution in [0.5, 0.6) is 11.5 Å². The van der Waals surface area contributed by atoms with E-state index in [9.17, 15) is 0 Å². The van der Waals surface area contributed by atoms with Crippen LogP contribution in [-0.4, -0.2) is 10.1 Å². The summed E-state index contributed by atoms with van der Waals surface area (Å²) in [5.74, 6) is 1.50. The normalized spacial score (nSPS) is 10.3. The van der Waals surface area contributed by atoms with Crippen molar-refractivity contribution in [2.45, 2.75) is 20.5 Å². The first-order chi connectivity index (χ1) is 8.19. The van der Waals surface area contributed by atoms with E-state index in [1.807, 2.05) is 44.2 Å². The fourth-order valence-corrected chi connectivity index (χ4v) is 1.57. The molecular formula is C14H15NO2. The Hall–Kier alpha value is -1.87. The van der Waals surface area contributed by atoms with Crippen molar-refractivity contribution < 1.29 is 9.84 Å². The fourth-order valence-electron chi connectivity index (χ4n) is 1.57. The van der Waals surface area contributed by atoms with Crippen LogP contribution in [0.1, 0.15) is 16.8 Å². The third kappa shape index (κ3) is 2.82. The minimum absolute atomic E-state index is 0.0488. The monoisotopic (exact) mass is 229 g/mol. The van der Waals surface area contributed by atoms with Crippen LogP contribution in [0.3, 0.4) is 0 Å². The number of aliphatic hydroxyl groups excluding tert-OH is 1. The molecular weight excluding hydrogens is 214 g/mol. The van der Waals surface area contributed by atoms with E-state index in [0.29, 0.717) is 0 Å². The molecule has 1 aromatic heterocycles. The quantitative estimate of drug-likeness (QED) is 0.879. The summed E-state index contributed by atoms with van der Waals surface area (Å²) in [5, 5.41) is 9.02. The summed E-state index contributed by atoms with van der Waals surface area (Å²) in [6, 6.07) is 9.43. The highest BCUT2D eigenvalue weighted by Crippen LogP contribution is 2.25. The second kappa shape index (κ2) is 4.97. The van der Waals surface area contributed by atoms with Gasteiger partial charge in [0, 0.05) is 5.69 Å². The Balaban J connectivity index is 2.21. The van der Waals surface area contributed by atoms with Crippen molar-refractivity contribution in [3.05, 3.63) is 53.3 Å². The SMILES string of the molecule is Cc1ccc(Oc2ccc(CO)cc2C)cn1. The first-order valence-corrected chi connectivity index (χ1v) is 5.50. The molecule has 0 saturated carbocycles. The minimum Gasteiger partial charge on any atom is -0.455 e. The molecule has 1 heterocycles. The van der Waals surface area contributed by atoms with E-state index in [1.54, 1.807) is 6.20 Å². The summed E-state index contributed by atoms with van der Waals surface area (Å²) in [5.41, 5.74) is 2.85. The van der Waals surface area contributed by atoms with E-state index >= 15 is 0 Å². The van der Waals surface area contributed by atoms with Crippen molar-refractivity contribution in [3.63, 3.8) is 0 Å². The summed E-state index contributed by atoms with van der Waals surface area (Å²) >= 11 is 0. The summed E-state index contributed by atoms with van der Waals surface area (Å²) < 4.78 is 5.72. The Morgan fingerprint density at radius 3 is 2.59 bits per heavy atom. The predicted octanol–water partition coefficient (Wildman–Crippen LogP) is 2.98. The van der Waals surface area contributed by atoms with Crippen molar-refractivity contribution in [1.29, 1.82) is 0 Å². The number of aliphatic hydroxyl groups is 1. The number of pyridine rings is 1. The van der Waals surface area contributed by atoms with Gasteiger partial charge >= 0.3 is 0 Å². The summed E-state index contributed by atoms with van der Waals surface area (Å²) in [6.07, 6.45) is 1.70. The molecule has 88 valence electrons. The van der Waals surface area contributed by atoms with E-state index in [2.05, 4.69) is 4.98 Å². The molecule has 0 atom stereocenters.